The number of aromatic nitrogens is 1. The van der Waals surface area contributed by atoms with Crippen molar-refractivity contribution < 1.29 is 4.74 Å². The van der Waals surface area contributed by atoms with Crippen LogP contribution in [0.15, 0.2) is 30.3 Å². The van der Waals surface area contributed by atoms with Gasteiger partial charge in [0.1, 0.15) is 5.75 Å². The van der Waals surface area contributed by atoms with Crippen LogP contribution in [0.25, 0.3) is 0 Å². The monoisotopic (exact) mass is 284 g/mol. The Morgan fingerprint density at radius 3 is 2.33 bits per heavy atom. The molecule has 1 heterocycles. The van der Waals surface area contributed by atoms with E-state index in [9.17, 15) is 0 Å². The van der Waals surface area contributed by atoms with Gasteiger partial charge in [-0.2, -0.15) is 0 Å². The lowest BCUT2D eigenvalue weighted by Crippen LogP contribution is -2.23. The summed E-state index contributed by atoms with van der Waals surface area (Å²) in [6.45, 7) is 9.19. The molecule has 0 aliphatic carbocycles. The van der Waals surface area contributed by atoms with Crippen LogP contribution in [0.4, 0.5) is 0 Å². The van der Waals surface area contributed by atoms with E-state index in [1.54, 1.807) is 7.11 Å². The number of ether oxygens (including phenoxy) is 1. The average Bonchev–Trinajstić information content (AvgIpc) is 2.43. The summed E-state index contributed by atoms with van der Waals surface area (Å²) in [6.07, 6.45) is 0. The third-order valence-corrected chi connectivity index (χ3v) is 3.54. The highest BCUT2D eigenvalue weighted by Crippen LogP contribution is 2.31. The van der Waals surface area contributed by atoms with Gasteiger partial charge < -0.3 is 10.1 Å². The van der Waals surface area contributed by atoms with Gasteiger partial charge in [0.2, 0.25) is 0 Å². The fourth-order valence-corrected chi connectivity index (χ4v) is 2.72. The molecule has 0 aliphatic heterocycles. The molecule has 2 aromatic rings. The van der Waals surface area contributed by atoms with Crippen molar-refractivity contribution in [1.82, 2.24) is 10.3 Å². The third kappa shape index (κ3) is 3.61. The number of benzene rings is 1. The van der Waals surface area contributed by atoms with E-state index in [1.165, 1.54) is 16.7 Å². The smallest absolute Gasteiger partial charge is 0.123 e. The molecule has 112 valence electrons. The molecule has 0 amide bonds. The lowest BCUT2D eigenvalue weighted by molar-refractivity contribution is 0.404. The van der Waals surface area contributed by atoms with E-state index in [4.69, 9.17) is 4.74 Å². The Balaban J connectivity index is 2.55. The van der Waals surface area contributed by atoms with Crippen LogP contribution in [0, 0.1) is 20.8 Å². The molecular formula is C18H24N2O. The topological polar surface area (TPSA) is 34.2 Å². The fraction of sp³-hybridized carbons (Fsp3) is 0.389. The van der Waals surface area contributed by atoms with Crippen LogP contribution in [-0.2, 0) is 0 Å². The second-order valence-electron chi connectivity index (χ2n) is 5.42. The predicted octanol–water partition coefficient (Wildman–Crippen LogP) is 3.71. The molecule has 0 saturated heterocycles. The zero-order valence-corrected chi connectivity index (χ0v) is 13.5. The number of rotatable bonds is 5. The highest BCUT2D eigenvalue weighted by molar-refractivity contribution is 5.44. The molecule has 1 aromatic heterocycles. The summed E-state index contributed by atoms with van der Waals surface area (Å²) in [7, 11) is 1.72. The third-order valence-electron chi connectivity index (χ3n) is 3.54. The first-order valence-electron chi connectivity index (χ1n) is 7.38. The molecular weight excluding hydrogens is 260 g/mol. The SMILES string of the molecule is CCNC(c1cc(C)nc(C)c1)c1cc(C)ccc1OC. The number of hydrogen-bond acceptors (Lipinski definition) is 3. The molecule has 0 saturated carbocycles. The zero-order valence-electron chi connectivity index (χ0n) is 13.5. The van der Waals surface area contributed by atoms with Gasteiger partial charge in [-0.15, -0.1) is 0 Å². The van der Waals surface area contributed by atoms with E-state index in [0.29, 0.717) is 0 Å². The molecule has 21 heavy (non-hydrogen) atoms. The van der Waals surface area contributed by atoms with Crippen molar-refractivity contribution in [3.05, 3.63) is 58.4 Å². The van der Waals surface area contributed by atoms with Gasteiger partial charge in [0, 0.05) is 17.0 Å². The van der Waals surface area contributed by atoms with Gasteiger partial charge in [0.05, 0.1) is 13.2 Å². The van der Waals surface area contributed by atoms with Crippen molar-refractivity contribution in [2.24, 2.45) is 0 Å². The summed E-state index contributed by atoms with van der Waals surface area (Å²) >= 11 is 0. The molecule has 1 atom stereocenters. The van der Waals surface area contributed by atoms with Crippen LogP contribution in [-0.4, -0.2) is 18.6 Å². The summed E-state index contributed by atoms with van der Waals surface area (Å²) in [6, 6.07) is 10.7. The largest absolute Gasteiger partial charge is 0.496 e. The lowest BCUT2D eigenvalue weighted by Gasteiger charge is -2.22. The first-order valence-corrected chi connectivity index (χ1v) is 7.38. The summed E-state index contributed by atoms with van der Waals surface area (Å²) in [5, 5.41) is 3.56. The minimum atomic E-state index is 0.116. The summed E-state index contributed by atoms with van der Waals surface area (Å²) in [5.41, 5.74) is 5.71. The van der Waals surface area contributed by atoms with E-state index >= 15 is 0 Å². The second kappa shape index (κ2) is 6.72. The molecule has 0 fully saturated rings. The first-order chi connectivity index (χ1) is 10.0. The Labute approximate surface area is 127 Å². The Morgan fingerprint density at radius 1 is 1.10 bits per heavy atom. The first kappa shape index (κ1) is 15.5. The van der Waals surface area contributed by atoms with Gasteiger partial charge in [-0.25, -0.2) is 0 Å². The Kier molecular flexibility index (Phi) is 4.97. The number of nitrogens with one attached hydrogen (secondary N) is 1. The average molecular weight is 284 g/mol. The van der Waals surface area contributed by atoms with Crippen molar-refractivity contribution in [3.63, 3.8) is 0 Å². The van der Waals surface area contributed by atoms with Crippen molar-refractivity contribution in [3.8, 4) is 5.75 Å². The minimum Gasteiger partial charge on any atom is -0.496 e. The number of aryl methyl sites for hydroxylation is 3. The van der Waals surface area contributed by atoms with Gasteiger partial charge in [-0.3, -0.25) is 4.98 Å². The normalized spacial score (nSPS) is 12.2. The molecule has 3 nitrogen and oxygen atoms in total. The van der Waals surface area contributed by atoms with E-state index in [0.717, 1.165) is 23.7 Å². The molecule has 0 aliphatic rings. The molecule has 1 aromatic carbocycles. The summed E-state index contributed by atoms with van der Waals surface area (Å²) in [5.74, 6) is 0.915. The summed E-state index contributed by atoms with van der Waals surface area (Å²) in [4.78, 5) is 4.47. The highest BCUT2D eigenvalue weighted by atomic mass is 16.5. The van der Waals surface area contributed by atoms with Crippen molar-refractivity contribution in [2.45, 2.75) is 33.7 Å². The van der Waals surface area contributed by atoms with Gasteiger partial charge in [0.15, 0.2) is 0 Å². The standard InChI is InChI=1S/C18H24N2O/c1-6-19-18(15-10-13(3)20-14(4)11-15)16-9-12(2)7-8-17(16)21-5/h7-11,18-19H,6H2,1-5H3. The molecule has 0 bridgehead atoms. The van der Waals surface area contributed by atoms with Gasteiger partial charge >= 0.3 is 0 Å². The number of hydrogen-bond donors (Lipinski definition) is 1. The number of methoxy groups -OCH3 is 1. The van der Waals surface area contributed by atoms with Gasteiger partial charge in [0.25, 0.3) is 0 Å². The van der Waals surface area contributed by atoms with E-state index in [-0.39, 0.29) is 6.04 Å². The van der Waals surface area contributed by atoms with E-state index < -0.39 is 0 Å². The van der Waals surface area contributed by atoms with Crippen LogP contribution in [0.3, 0.4) is 0 Å². The summed E-state index contributed by atoms with van der Waals surface area (Å²) < 4.78 is 5.55. The van der Waals surface area contributed by atoms with Crippen LogP contribution in [0.1, 0.15) is 41.0 Å². The Morgan fingerprint density at radius 2 is 1.76 bits per heavy atom. The van der Waals surface area contributed by atoms with Crippen LogP contribution in [0.2, 0.25) is 0 Å². The van der Waals surface area contributed by atoms with Gasteiger partial charge in [-0.1, -0.05) is 24.6 Å². The zero-order chi connectivity index (χ0) is 15.4. The second-order valence-corrected chi connectivity index (χ2v) is 5.42. The minimum absolute atomic E-state index is 0.116. The highest BCUT2D eigenvalue weighted by Gasteiger charge is 2.18. The Bertz CT molecular complexity index is 602. The maximum absolute atomic E-state index is 5.55. The molecule has 1 unspecified atom stereocenters. The fourth-order valence-electron chi connectivity index (χ4n) is 2.72. The van der Waals surface area contributed by atoms with Gasteiger partial charge in [-0.05, 0) is 51.1 Å². The van der Waals surface area contributed by atoms with Crippen LogP contribution in [0.5, 0.6) is 5.75 Å². The number of nitrogens with zero attached hydrogens (tertiary/aromatic N) is 1. The van der Waals surface area contributed by atoms with Crippen LogP contribution < -0.4 is 10.1 Å². The van der Waals surface area contributed by atoms with E-state index in [1.807, 2.05) is 19.9 Å². The van der Waals surface area contributed by atoms with Crippen molar-refractivity contribution >= 4 is 0 Å². The van der Waals surface area contributed by atoms with Crippen LogP contribution >= 0.6 is 0 Å². The van der Waals surface area contributed by atoms with E-state index in [2.05, 4.69) is 48.4 Å². The van der Waals surface area contributed by atoms with Crippen molar-refractivity contribution in [1.29, 1.82) is 0 Å². The molecule has 1 N–H and O–H groups in total. The lowest BCUT2D eigenvalue weighted by atomic mass is 9.96. The molecule has 3 heteroatoms. The Hall–Kier alpha value is -1.87. The predicted molar refractivity (Wildman–Crippen MR) is 87.0 cm³/mol. The maximum Gasteiger partial charge on any atom is 0.123 e. The quantitative estimate of drug-likeness (QED) is 0.908. The molecule has 0 spiro atoms. The molecule has 0 radical (unpaired) electrons. The number of pyridine rings is 1. The maximum atomic E-state index is 5.55. The molecule has 2 rings (SSSR count). The van der Waals surface area contributed by atoms with Crippen molar-refractivity contribution in [2.75, 3.05) is 13.7 Å².